The molecule has 84 valence electrons. The maximum absolute atomic E-state index is 5.94. The predicted molar refractivity (Wildman–Crippen MR) is 68.3 cm³/mol. The number of nitrogens with one attached hydrogen (secondary N) is 1. The van der Waals surface area contributed by atoms with Gasteiger partial charge in [-0.1, -0.05) is 19.8 Å². The van der Waals surface area contributed by atoms with Crippen molar-refractivity contribution in [2.75, 3.05) is 17.6 Å². The quantitative estimate of drug-likeness (QED) is 0.571. The summed E-state index contributed by atoms with van der Waals surface area (Å²) >= 11 is 0. The molecule has 0 atom stereocenters. The highest BCUT2D eigenvalue weighted by molar-refractivity contribution is 5.68. The van der Waals surface area contributed by atoms with E-state index in [2.05, 4.69) is 32.2 Å². The van der Waals surface area contributed by atoms with Crippen molar-refractivity contribution in [2.24, 2.45) is 0 Å². The Morgan fingerprint density at radius 1 is 1.13 bits per heavy atom. The van der Waals surface area contributed by atoms with Crippen molar-refractivity contribution < 1.29 is 0 Å². The van der Waals surface area contributed by atoms with Gasteiger partial charge in [0.15, 0.2) is 0 Å². The van der Waals surface area contributed by atoms with Gasteiger partial charge in [-0.2, -0.15) is 0 Å². The Kier molecular flexibility index (Phi) is 4.47. The molecule has 0 aromatic heterocycles. The molecule has 2 heteroatoms. The van der Waals surface area contributed by atoms with E-state index in [1.807, 2.05) is 6.07 Å². The summed E-state index contributed by atoms with van der Waals surface area (Å²) in [5, 5.41) is 3.39. The maximum Gasteiger partial charge on any atom is 0.0576 e. The highest BCUT2D eigenvalue weighted by Crippen LogP contribution is 2.22. The van der Waals surface area contributed by atoms with Crippen molar-refractivity contribution in [1.82, 2.24) is 0 Å². The van der Waals surface area contributed by atoms with E-state index in [4.69, 9.17) is 5.73 Å². The van der Waals surface area contributed by atoms with E-state index in [0.29, 0.717) is 0 Å². The molecule has 0 aliphatic heterocycles. The highest BCUT2D eigenvalue weighted by Gasteiger charge is 2.01. The monoisotopic (exact) mass is 206 g/mol. The van der Waals surface area contributed by atoms with Crippen molar-refractivity contribution >= 4 is 11.4 Å². The summed E-state index contributed by atoms with van der Waals surface area (Å²) in [7, 11) is 0. The number of nitrogens with two attached hydrogens (primary N) is 1. The molecule has 0 unspecified atom stereocenters. The molecular weight excluding hydrogens is 184 g/mol. The summed E-state index contributed by atoms with van der Waals surface area (Å²) < 4.78 is 0. The van der Waals surface area contributed by atoms with Crippen LogP contribution in [0, 0.1) is 13.8 Å². The highest BCUT2D eigenvalue weighted by atomic mass is 14.9. The van der Waals surface area contributed by atoms with E-state index in [0.717, 1.165) is 17.9 Å². The summed E-state index contributed by atoms with van der Waals surface area (Å²) in [4.78, 5) is 0. The van der Waals surface area contributed by atoms with Crippen LogP contribution in [0.2, 0.25) is 0 Å². The average Bonchev–Trinajstić information content (AvgIpc) is 2.20. The minimum Gasteiger partial charge on any atom is -0.397 e. The van der Waals surface area contributed by atoms with E-state index < -0.39 is 0 Å². The second-order valence-electron chi connectivity index (χ2n) is 4.16. The number of rotatable bonds is 5. The van der Waals surface area contributed by atoms with Gasteiger partial charge >= 0.3 is 0 Å². The molecule has 0 amide bonds. The first-order valence-electron chi connectivity index (χ1n) is 5.75. The summed E-state index contributed by atoms with van der Waals surface area (Å²) in [6, 6.07) is 4.17. The predicted octanol–water partition coefficient (Wildman–Crippen LogP) is 3.49. The zero-order chi connectivity index (χ0) is 11.3. The number of hydrogen-bond donors (Lipinski definition) is 2. The van der Waals surface area contributed by atoms with Gasteiger partial charge in [0.2, 0.25) is 0 Å². The molecule has 0 fully saturated rings. The van der Waals surface area contributed by atoms with Crippen LogP contribution in [-0.2, 0) is 0 Å². The second kappa shape index (κ2) is 5.64. The molecule has 1 aromatic carbocycles. The minimum atomic E-state index is 0.856. The largest absolute Gasteiger partial charge is 0.397 e. The van der Waals surface area contributed by atoms with Crippen LogP contribution in [0.3, 0.4) is 0 Å². The van der Waals surface area contributed by atoms with Gasteiger partial charge in [-0.15, -0.1) is 0 Å². The first-order chi connectivity index (χ1) is 7.15. The average molecular weight is 206 g/mol. The lowest BCUT2D eigenvalue weighted by Crippen LogP contribution is -2.05. The number of nitrogen functional groups attached to an aromatic ring is 1. The molecule has 0 aliphatic carbocycles. The minimum absolute atomic E-state index is 0.856. The van der Waals surface area contributed by atoms with Crippen molar-refractivity contribution in [2.45, 2.75) is 40.0 Å². The second-order valence-corrected chi connectivity index (χ2v) is 4.16. The lowest BCUT2D eigenvalue weighted by Gasteiger charge is -2.11. The summed E-state index contributed by atoms with van der Waals surface area (Å²) in [6.07, 6.45) is 3.74. The SMILES string of the molecule is CCCCCNc1cc(C)c(C)cc1N. The van der Waals surface area contributed by atoms with Gasteiger partial charge in [-0.05, 0) is 43.5 Å². The van der Waals surface area contributed by atoms with Crippen LogP contribution in [-0.4, -0.2) is 6.54 Å². The Hall–Kier alpha value is -1.18. The van der Waals surface area contributed by atoms with Crippen LogP contribution in [0.15, 0.2) is 12.1 Å². The van der Waals surface area contributed by atoms with Crippen LogP contribution in [0.5, 0.6) is 0 Å². The zero-order valence-corrected chi connectivity index (χ0v) is 10.1. The zero-order valence-electron chi connectivity index (χ0n) is 10.1. The number of benzene rings is 1. The molecule has 0 heterocycles. The first-order valence-corrected chi connectivity index (χ1v) is 5.75. The maximum atomic E-state index is 5.94. The van der Waals surface area contributed by atoms with Crippen molar-refractivity contribution in [1.29, 1.82) is 0 Å². The van der Waals surface area contributed by atoms with Crippen LogP contribution >= 0.6 is 0 Å². The summed E-state index contributed by atoms with van der Waals surface area (Å²) in [6.45, 7) is 7.43. The Labute approximate surface area is 92.9 Å². The normalized spacial score (nSPS) is 10.3. The fourth-order valence-corrected chi connectivity index (χ4v) is 1.59. The molecule has 15 heavy (non-hydrogen) atoms. The van der Waals surface area contributed by atoms with Crippen LogP contribution in [0.25, 0.3) is 0 Å². The number of anilines is 2. The molecule has 0 saturated carbocycles. The Morgan fingerprint density at radius 2 is 1.80 bits per heavy atom. The van der Waals surface area contributed by atoms with Crippen molar-refractivity contribution in [3.63, 3.8) is 0 Å². The third kappa shape index (κ3) is 3.46. The van der Waals surface area contributed by atoms with Crippen molar-refractivity contribution in [3.8, 4) is 0 Å². The Morgan fingerprint density at radius 3 is 2.47 bits per heavy atom. The van der Waals surface area contributed by atoms with E-state index >= 15 is 0 Å². The van der Waals surface area contributed by atoms with E-state index in [9.17, 15) is 0 Å². The van der Waals surface area contributed by atoms with Crippen LogP contribution < -0.4 is 11.1 Å². The lowest BCUT2D eigenvalue weighted by molar-refractivity contribution is 0.744. The number of hydrogen-bond acceptors (Lipinski definition) is 2. The molecule has 0 bridgehead atoms. The van der Waals surface area contributed by atoms with E-state index in [1.54, 1.807) is 0 Å². The van der Waals surface area contributed by atoms with Gasteiger partial charge in [0.25, 0.3) is 0 Å². The molecular formula is C13H22N2. The summed E-state index contributed by atoms with van der Waals surface area (Å²) in [5.41, 5.74) is 10.4. The van der Waals surface area contributed by atoms with E-state index in [-0.39, 0.29) is 0 Å². The molecule has 3 N–H and O–H groups in total. The molecule has 0 spiro atoms. The van der Waals surface area contributed by atoms with Gasteiger partial charge in [0, 0.05) is 6.54 Å². The standard InChI is InChI=1S/C13H22N2/c1-4-5-6-7-15-13-9-11(3)10(2)8-12(13)14/h8-9,15H,4-7,14H2,1-3H3. The van der Waals surface area contributed by atoms with Crippen LogP contribution in [0.4, 0.5) is 11.4 Å². The van der Waals surface area contributed by atoms with Crippen LogP contribution in [0.1, 0.15) is 37.3 Å². The lowest BCUT2D eigenvalue weighted by atomic mass is 10.1. The molecule has 1 aromatic rings. The molecule has 1 rings (SSSR count). The van der Waals surface area contributed by atoms with E-state index in [1.165, 1.54) is 30.4 Å². The number of unbranched alkanes of at least 4 members (excludes halogenated alkanes) is 2. The third-order valence-corrected chi connectivity index (χ3v) is 2.76. The van der Waals surface area contributed by atoms with Gasteiger partial charge in [0.1, 0.15) is 0 Å². The molecule has 0 aliphatic rings. The third-order valence-electron chi connectivity index (χ3n) is 2.76. The smallest absolute Gasteiger partial charge is 0.0576 e. The molecule has 0 radical (unpaired) electrons. The van der Waals surface area contributed by atoms with Gasteiger partial charge in [-0.25, -0.2) is 0 Å². The fraction of sp³-hybridized carbons (Fsp3) is 0.538. The fourth-order valence-electron chi connectivity index (χ4n) is 1.59. The van der Waals surface area contributed by atoms with Gasteiger partial charge in [0.05, 0.1) is 11.4 Å². The molecule has 0 saturated heterocycles. The molecule has 2 nitrogen and oxygen atoms in total. The van der Waals surface area contributed by atoms with Gasteiger partial charge in [-0.3, -0.25) is 0 Å². The topological polar surface area (TPSA) is 38.0 Å². The summed E-state index contributed by atoms with van der Waals surface area (Å²) in [5.74, 6) is 0. The Balaban J connectivity index is 2.57. The van der Waals surface area contributed by atoms with Gasteiger partial charge < -0.3 is 11.1 Å². The van der Waals surface area contributed by atoms with Crippen molar-refractivity contribution in [3.05, 3.63) is 23.3 Å². The number of aryl methyl sites for hydroxylation is 2. The Bertz CT molecular complexity index is 319. The first kappa shape index (κ1) is 11.9.